The van der Waals surface area contributed by atoms with Crippen LogP contribution in [0.4, 0.5) is 22.7 Å². The van der Waals surface area contributed by atoms with Gasteiger partial charge in [-0.2, -0.15) is 0 Å². The van der Waals surface area contributed by atoms with Crippen molar-refractivity contribution in [3.63, 3.8) is 0 Å². The molecule has 1 fully saturated rings. The van der Waals surface area contributed by atoms with Crippen LogP contribution in [-0.2, 0) is 9.59 Å². The van der Waals surface area contributed by atoms with Gasteiger partial charge in [-0.15, -0.1) is 0 Å². The molecule has 232 valence electrons. The molecule has 0 saturated carbocycles. The van der Waals surface area contributed by atoms with Gasteiger partial charge in [0.25, 0.3) is 11.8 Å². The highest BCUT2D eigenvalue weighted by molar-refractivity contribution is 6.31. The van der Waals surface area contributed by atoms with Crippen LogP contribution in [0.15, 0.2) is 90.1 Å². The average Bonchev–Trinajstić information content (AvgIpc) is 3.70. The number of anilines is 4. The fraction of sp³-hybridized carbons (Fsp3) is 0.306. The molecule has 1 saturated heterocycles. The van der Waals surface area contributed by atoms with Crippen LogP contribution >= 0.6 is 0 Å². The van der Waals surface area contributed by atoms with E-state index in [1.54, 1.807) is 12.1 Å². The van der Waals surface area contributed by atoms with Crippen molar-refractivity contribution in [3.05, 3.63) is 101 Å². The van der Waals surface area contributed by atoms with E-state index in [4.69, 9.17) is 0 Å². The molecule has 0 aliphatic carbocycles. The molecule has 3 heterocycles. The fourth-order valence-electron chi connectivity index (χ4n) is 6.49. The van der Waals surface area contributed by atoms with E-state index in [1.165, 1.54) is 12.8 Å². The van der Waals surface area contributed by atoms with Crippen molar-refractivity contribution in [2.24, 2.45) is 5.41 Å². The van der Waals surface area contributed by atoms with E-state index in [-0.39, 0.29) is 23.8 Å². The number of carbonyl (C=O) groups excluding carboxylic acids is 3. The molecule has 0 aromatic heterocycles. The van der Waals surface area contributed by atoms with Crippen molar-refractivity contribution in [3.8, 4) is 0 Å². The summed E-state index contributed by atoms with van der Waals surface area (Å²) >= 11 is 0. The minimum Gasteiger partial charge on any atom is -0.381 e. The summed E-state index contributed by atoms with van der Waals surface area (Å²) in [4.78, 5) is 41.5. The smallest absolute Gasteiger partial charge is 0.256 e. The first-order valence-electron chi connectivity index (χ1n) is 15.6. The number of benzene rings is 3. The molecule has 3 aromatic carbocycles. The summed E-state index contributed by atoms with van der Waals surface area (Å²) in [5.41, 5.74) is 5.95. The van der Waals surface area contributed by atoms with Crippen molar-refractivity contribution in [2.75, 3.05) is 42.1 Å². The predicted molar refractivity (Wildman–Crippen MR) is 179 cm³/mol. The standard InChI is InChI=1S/C36H40N6O3/c1-23-32(35(45)37-16-19-42-17-7-8-18-42)36(2,3)31(38-23)22-29-28-21-27(14-15-30(28)41-34(29)44)39-25-12-9-13-26(20-25)40-33(43)24-10-5-4-6-11-24/h4-6,9-15,20-22,31,38-39H,7-8,16-19H2,1-3H3,(H,37,45)(H,40,43)(H,41,44)/b29-22-. The third-order valence-electron chi connectivity index (χ3n) is 8.89. The summed E-state index contributed by atoms with van der Waals surface area (Å²) in [6, 6.07) is 22.1. The highest BCUT2D eigenvalue weighted by atomic mass is 16.2. The summed E-state index contributed by atoms with van der Waals surface area (Å²) < 4.78 is 0. The molecule has 3 aliphatic heterocycles. The summed E-state index contributed by atoms with van der Waals surface area (Å²) in [6.45, 7) is 9.69. The van der Waals surface area contributed by atoms with E-state index < -0.39 is 5.41 Å². The second kappa shape index (κ2) is 12.6. The van der Waals surface area contributed by atoms with Crippen LogP contribution in [0.5, 0.6) is 0 Å². The lowest BCUT2D eigenvalue weighted by Gasteiger charge is -2.28. The van der Waals surface area contributed by atoms with Gasteiger partial charge in [-0.1, -0.05) is 38.1 Å². The van der Waals surface area contributed by atoms with Gasteiger partial charge in [0.05, 0.1) is 6.04 Å². The molecule has 3 amide bonds. The van der Waals surface area contributed by atoms with Gasteiger partial charge in [0.1, 0.15) is 0 Å². The molecule has 0 radical (unpaired) electrons. The van der Waals surface area contributed by atoms with Crippen LogP contribution in [0.3, 0.4) is 0 Å². The topological polar surface area (TPSA) is 115 Å². The summed E-state index contributed by atoms with van der Waals surface area (Å²) in [6.07, 6.45) is 4.39. The first-order chi connectivity index (χ1) is 21.7. The fourth-order valence-corrected chi connectivity index (χ4v) is 6.49. The van der Waals surface area contributed by atoms with Gasteiger partial charge < -0.3 is 31.5 Å². The Morgan fingerprint density at radius 3 is 2.44 bits per heavy atom. The molecule has 3 aliphatic rings. The molecule has 0 bridgehead atoms. The van der Waals surface area contributed by atoms with Gasteiger partial charge in [0.15, 0.2) is 0 Å². The molecule has 9 heteroatoms. The first kappa shape index (κ1) is 30.1. The number of rotatable bonds is 9. The second-order valence-electron chi connectivity index (χ2n) is 12.5. The van der Waals surface area contributed by atoms with Gasteiger partial charge in [-0.25, -0.2) is 0 Å². The van der Waals surface area contributed by atoms with Crippen LogP contribution < -0.4 is 26.6 Å². The Balaban J connectivity index is 1.16. The maximum absolute atomic E-state index is 13.3. The molecule has 5 N–H and O–H groups in total. The molecular formula is C36H40N6O3. The van der Waals surface area contributed by atoms with Crippen molar-refractivity contribution in [1.82, 2.24) is 15.5 Å². The minimum absolute atomic E-state index is 0.0601. The molecule has 9 nitrogen and oxygen atoms in total. The first-order valence-corrected chi connectivity index (χ1v) is 15.6. The van der Waals surface area contributed by atoms with Crippen molar-refractivity contribution < 1.29 is 14.4 Å². The molecule has 0 spiro atoms. The van der Waals surface area contributed by atoms with Crippen molar-refractivity contribution in [1.29, 1.82) is 0 Å². The Bertz CT molecular complexity index is 1690. The minimum atomic E-state index is -0.529. The Morgan fingerprint density at radius 1 is 0.933 bits per heavy atom. The van der Waals surface area contributed by atoms with Crippen LogP contribution in [0.25, 0.3) is 5.57 Å². The highest BCUT2D eigenvalue weighted by Crippen LogP contribution is 2.42. The van der Waals surface area contributed by atoms with Crippen molar-refractivity contribution >= 4 is 46.0 Å². The third kappa shape index (κ3) is 6.49. The van der Waals surface area contributed by atoms with Gasteiger partial charge >= 0.3 is 0 Å². The number of likely N-dealkylation sites (tertiary alicyclic amines) is 1. The van der Waals surface area contributed by atoms with Crippen molar-refractivity contribution in [2.45, 2.75) is 39.7 Å². The monoisotopic (exact) mass is 604 g/mol. The SMILES string of the molecule is CC1=C(C(=O)NCCN2CCCC2)C(C)(C)C(/C=C2\C(=O)Nc3ccc(Nc4cccc(NC(=O)c5ccccc5)c4)cc32)N1. The van der Waals surface area contributed by atoms with Gasteiger partial charge in [0.2, 0.25) is 5.91 Å². The van der Waals surface area contributed by atoms with E-state index in [0.29, 0.717) is 23.4 Å². The quantitative estimate of drug-likeness (QED) is 0.206. The number of amides is 3. The average molecular weight is 605 g/mol. The van der Waals surface area contributed by atoms with Gasteiger partial charge in [0, 0.05) is 69.2 Å². The molecular weight excluding hydrogens is 564 g/mol. The molecule has 3 aromatic rings. The molecule has 1 atom stereocenters. The molecule has 45 heavy (non-hydrogen) atoms. The summed E-state index contributed by atoms with van der Waals surface area (Å²) in [5.74, 6) is -0.415. The highest BCUT2D eigenvalue weighted by Gasteiger charge is 2.43. The largest absolute Gasteiger partial charge is 0.381 e. The summed E-state index contributed by atoms with van der Waals surface area (Å²) in [7, 11) is 0. The van der Waals surface area contributed by atoms with Crippen LogP contribution in [0.2, 0.25) is 0 Å². The van der Waals surface area contributed by atoms with E-state index in [0.717, 1.165) is 53.5 Å². The number of nitrogens with one attached hydrogen (secondary N) is 5. The van der Waals surface area contributed by atoms with E-state index in [9.17, 15) is 14.4 Å². The maximum Gasteiger partial charge on any atom is 0.256 e. The maximum atomic E-state index is 13.3. The number of nitrogens with zero attached hydrogens (tertiary/aromatic N) is 1. The van der Waals surface area contributed by atoms with Crippen LogP contribution in [0.1, 0.15) is 49.5 Å². The lowest BCUT2D eigenvalue weighted by atomic mass is 9.78. The van der Waals surface area contributed by atoms with E-state index in [1.807, 2.05) is 87.5 Å². The third-order valence-corrected chi connectivity index (χ3v) is 8.89. The number of hydrogen-bond acceptors (Lipinski definition) is 6. The second-order valence-corrected chi connectivity index (χ2v) is 12.5. The Hall–Kier alpha value is -4.89. The number of hydrogen-bond donors (Lipinski definition) is 5. The lowest BCUT2D eigenvalue weighted by molar-refractivity contribution is -0.118. The number of fused-ring (bicyclic) bond motifs is 1. The molecule has 6 rings (SSSR count). The van der Waals surface area contributed by atoms with E-state index >= 15 is 0 Å². The van der Waals surface area contributed by atoms with Crippen LogP contribution in [0, 0.1) is 5.41 Å². The van der Waals surface area contributed by atoms with Gasteiger partial charge in [-0.05, 0) is 87.5 Å². The Kier molecular flexibility index (Phi) is 8.45. The Morgan fingerprint density at radius 2 is 1.67 bits per heavy atom. The zero-order valence-electron chi connectivity index (χ0n) is 26.0. The normalized spacial score (nSPS) is 19.7. The predicted octanol–water partition coefficient (Wildman–Crippen LogP) is 5.50. The lowest BCUT2D eigenvalue weighted by Crippen LogP contribution is -2.39. The Labute approximate surface area is 264 Å². The van der Waals surface area contributed by atoms with E-state index in [2.05, 4.69) is 31.5 Å². The number of allylic oxidation sites excluding steroid dienone is 1. The summed E-state index contributed by atoms with van der Waals surface area (Å²) in [5, 5.41) is 15.9. The molecule has 1 unspecified atom stereocenters. The zero-order valence-corrected chi connectivity index (χ0v) is 26.0. The van der Waals surface area contributed by atoms with Gasteiger partial charge in [-0.3, -0.25) is 14.4 Å². The number of carbonyl (C=O) groups is 3. The van der Waals surface area contributed by atoms with Crippen LogP contribution in [-0.4, -0.2) is 54.8 Å². The zero-order chi connectivity index (χ0) is 31.6.